The second-order valence-electron chi connectivity index (χ2n) is 5.50. The topological polar surface area (TPSA) is 84.9 Å². The molecule has 0 saturated carbocycles. The van der Waals surface area contributed by atoms with Gasteiger partial charge in [0, 0.05) is 33.4 Å². The van der Waals surface area contributed by atoms with Crippen molar-refractivity contribution >= 4 is 15.9 Å². The minimum Gasteiger partial charge on any atom is -0.484 e. The van der Waals surface area contributed by atoms with E-state index in [9.17, 15) is 13.2 Å². The Morgan fingerprint density at radius 2 is 1.92 bits per heavy atom. The van der Waals surface area contributed by atoms with Crippen molar-refractivity contribution in [2.75, 3.05) is 40.0 Å². The molecule has 0 unspecified atom stereocenters. The van der Waals surface area contributed by atoms with Gasteiger partial charge in [0.25, 0.3) is 5.91 Å². The number of rotatable bonds is 11. The number of sulfonamides is 1. The van der Waals surface area contributed by atoms with E-state index >= 15 is 0 Å². The molecular formula is C17H28N2O5S. The van der Waals surface area contributed by atoms with Crippen molar-refractivity contribution < 1.29 is 22.7 Å². The average Bonchev–Trinajstić information content (AvgIpc) is 2.58. The smallest absolute Gasteiger partial charge is 0.257 e. The summed E-state index contributed by atoms with van der Waals surface area (Å²) in [4.78, 5) is 11.9. The summed E-state index contributed by atoms with van der Waals surface area (Å²) >= 11 is 0. The van der Waals surface area contributed by atoms with Crippen molar-refractivity contribution in [3.05, 3.63) is 23.8 Å². The first-order valence-electron chi connectivity index (χ1n) is 8.36. The lowest BCUT2D eigenvalue weighted by Crippen LogP contribution is -2.31. The number of hydrogen-bond acceptors (Lipinski definition) is 5. The molecule has 1 amide bonds. The van der Waals surface area contributed by atoms with Gasteiger partial charge in [-0.25, -0.2) is 8.42 Å². The Morgan fingerprint density at radius 1 is 1.24 bits per heavy atom. The third-order valence-corrected chi connectivity index (χ3v) is 5.74. The molecule has 1 aromatic rings. The molecule has 142 valence electrons. The molecule has 0 heterocycles. The van der Waals surface area contributed by atoms with Crippen LogP contribution < -0.4 is 10.1 Å². The highest BCUT2D eigenvalue weighted by atomic mass is 32.2. The molecule has 0 atom stereocenters. The van der Waals surface area contributed by atoms with E-state index in [0.717, 1.165) is 6.42 Å². The minimum atomic E-state index is -3.50. The van der Waals surface area contributed by atoms with Gasteiger partial charge in [-0.3, -0.25) is 4.79 Å². The molecule has 0 aromatic heterocycles. The van der Waals surface area contributed by atoms with Crippen LogP contribution in [0.2, 0.25) is 0 Å². The van der Waals surface area contributed by atoms with E-state index in [-0.39, 0.29) is 17.4 Å². The highest BCUT2D eigenvalue weighted by Crippen LogP contribution is 2.24. The van der Waals surface area contributed by atoms with E-state index in [1.807, 2.05) is 0 Å². The molecule has 0 radical (unpaired) electrons. The molecule has 8 heteroatoms. The summed E-state index contributed by atoms with van der Waals surface area (Å²) in [7, 11) is -1.89. The Kier molecular flexibility index (Phi) is 8.88. The highest BCUT2D eigenvalue weighted by molar-refractivity contribution is 7.89. The second-order valence-corrected chi connectivity index (χ2v) is 7.44. The number of nitrogens with one attached hydrogen (secondary N) is 1. The number of methoxy groups -OCH3 is 1. The number of ether oxygens (including phenoxy) is 2. The van der Waals surface area contributed by atoms with E-state index in [1.165, 1.54) is 10.4 Å². The van der Waals surface area contributed by atoms with Crippen molar-refractivity contribution in [2.24, 2.45) is 0 Å². The molecule has 1 rings (SSSR count). The van der Waals surface area contributed by atoms with Gasteiger partial charge >= 0.3 is 0 Å². The van der Waals surface area contributed by atoms with Gasteiger partial charge in [-0.05, 0) is 37.1 Å². The zero-order valence-corrected chi connectivity index (χ0v) is 16.2. The fourth-order valence-electron chi connectivity index (χ4n) is 2.30. The Bertz CT molecular complexity index is 657. The number of aryl methyl sites for hydroxylation is 1. The van der Waals surface area contributed by atoms with Crippen LogP contribution in [-0.4, -0.2) is 58.6 Å². The predicted octanol–water partition coefficient (Wildman–Crippen LogP) is 1.56. The van der Waals surface area contributed by atoms with Crippen LogP contribution in [0.4, 0.5) is 0 Å². The van der Waals surface area contributed by atoms with Crippen LogP contribution in [0.15, 0.2) is 23.1 Å². The van der Waals surface area contributed by atoms with Gasteiger partial charge in [-0.2, -0.15) is 4.31 Å². The molecule has 0 saturated heterocycles. The zero-order valence-electron chi connectivity index (χ0n) is 15.4. The van der Waals surface area contributed by atoms with E-state index in [2.05, 4.69) is 5.32 Å². The van der Waals surface area contributed by atoms with Gasteiger partial charge in [-0.15, -0.1) is 0 Å². The monoisotopic (exact) mass is 372 g/mol. The predicted molar refractivity (Wildman–Crippen MR) is 96.3 cm³/mol. The number of amides is 1. The molecule has 0 spiro atoms. The van der Waals surface area contributed by atoms with Crippen molar-refractivity contribution in [3.8, 4) is 5.75 Å². The van der Waals surface area contributed by atoms with Crippen molar-refractivity contribution in [3.63, 3.8) is 0 Å². The molecule has 0 bridgehead atoms. The van der Waals surface area contributed by atoms with Crippen LogP contribution in [0, 0.1) is 6.92 Å². The van der Waals surface area contributed by atoms with E-state index in [4.69, 9.17) is 9.47 Å². The SMILES string of the molecule is CCN(CC)S(=O)(=O)c1ccc(OCC(=O)NCCCOC)c(C)c1. The lowest BCUT2D eigenvalue weighted by atomic mass is 10.2. The quantitative estimate of drug-likeness (QED) is 0.596. The third-order valence-electron chi connectivity index (χ3n) is 3.70. The normalized spacial score (nSPS) is 11.6. The minimum absolute atomic E-state index is 0.115. The van der Waals surface area contributed by atoms with E-state index in [1.54, 1.807) is 40.0 Å². The van der Waals surface area contributed by atoms with Crippen LogP contribution in [-0.2, 0) is 19.6 Å². The largest absolute Gasteiger partial charge is 0.484 e. The first-order chi connectivity index (χ1) is 11.9. The van der Waals surface area contributed by atoms with Crippen molar-refractivity contribution in [1.82, 2.24) is 9.62 Å². The summed E-state index contributed by atoms with van der Waals surface area (Å²) in [6.45, 7) is 7.19. The van der Waals surface area contributed by atoms with E-state index < -0.39 is 10.0 Å². The first kappa shape index (κ1) is 21.4. The van der Waals surface area contributed by atoms with Gasteiger partial charge in [0.15, 0.2) is 6.61 Å². The van der Waals surface area contributed by atoms with Gasteiger partial charge < -0.3 is 14.8 Å². The van der Waals surface area contributed by atoms with Crippen LogP contribution in [0.25, 0.3) is 0 Å². The van der Waals surface area contributed by atoms with Crippen molar-refractivity contribution in [1.29, 1.82) is 0 Å². The molecule has 0 aliphatic carbocycles. The first-order valence-corrected chi connectivity index (χ1v) is 9.80. The fourth-order valence-corrected chi connectivity index (χ4v) is 3.84. The van der Waals surface area contributed by atoms with Gasteiger partial charge in [-0.1, -0.05) is 13.8 Å². The number of benzene rings is 1. The molecule has 1 aromatic carbocycles. The lowest BCUT2D eigenvalue weighted by Gasteiger charge is -2.19. The summed E-state index contributed by atoms with van der Waals surface area (Å²) < 4.78 is 36.8. The highest BCUT2D eigenvalue weighted by Gasteiger charge is 2.22. The fraction of sp³-hybridized carbons (Fsp3) is 0.588. The maximum absolute atomic E-state index is 12.5. The van der Waals surface area contributed by atoms with Gasteiger partial charge in [0.1, 0.15) is 5.75 Å². The second kappa shape index (κ2) is 10.4. The lowest BCUT2D eigenvalue weighted by molar-refractivity contribution is -0.123. The maximum Gasteiger partial charge on any atom is 0.257 e. The van der Waals surface area contributed by atoms with Crippen LogP contribution in [0.5, 0.6) is 5.75 Å². The Labute approximate surface area is 150 Å². The summed E-state index contributed by atoms with van der Waals surface area (Å²) in [5.41, 5.74) is 0.667. The summed E-state index contributed by atoms with van der Waals surface area (Å²) in [6, 6.07) is 4.66. The number of carbonyl (C=O) groups is 1. The summed E-state index contributed by atoms with van der Waals surface area (Å²) in [6.07, 6.45) is 0.735. The standard InChI is InChI=1S/C17H28N2O5S/c1-5-19(6-2)25(21,22)15-8-9-16(14(3)12-15)24-13-17(20)18-10-7-11-23-4/h8-9,12H,5-7,10-11,13H2,1-4H3,(H,18,20). The Hall–Kier alpha value is -1.64. The Balaban J connectivity index is 2.69. The molecule has 0 fully saturated rings. The summed E-state index contributed by atoms with van der Waals surface area (Å²) in [5.74, 6) is 0.265. The Morgan fingerprint density at radius 3 is 2.48 bits per heavy atom. The molecular weight excluding hydrogens is 344 g/mol. The van der Waals surface area contributed by atoms with Crippen LogP contribution >= 0.6 is 0 Å². The molecule has 25 heavy (non-hydrogen) atoms. The maximum atomic E-state index is 12.5. The van der Waals surface area contributed by atoms with E-state index in [0.29, 0.717) is 37.6 Å². The molecule has 7 nitrogen and oxygen atoms in total. The number of hydrogen-bond donors (Lipinski definition) is 1. The third kappa shape index (κ3) is 6.30. The number of nitrogens with zero attached hydrogens (tertiary/aromatic N) is 1. The van der Waals surface area contributed by atoms with Gasteiger partial charge in [0.2, 0.25) is 10.0 Å². The van der Waals surface area contributed by atoms with Crippen LogP contribution in [0.3, 0.4) is 0 Å². The van der Waals surface area contributed by atoms with Gasteiger partial charge in [0.05, 0.1) is 4.90 Å². The summed E-state index contributed by atoms with van der Waals surface area (Å²) in [5, 5.41) is 2.73. The van der Waals surface area contributed by atoms with Crippen molar-refractivity contribution in [2.45, 2.75) is 32.1 Å². The number of carbonyl (C=O) groups excluding carboxylic acids is 1. The molecule has 0 aliphatic heterocycles. The molecule has 0 aliphatic rings. The zero-order chi connectivity index (χ0) is 18.9. The average molecular weight is 372 g/mol. The van der Waals surface area contributed by atoms with Crippen LogP contribution in [0.1, 0.15) is 25.8 Å². The molecule has 1 N–H and O–H groups in total.